The van der Waals surface area contributed by atoms with E-state index in [9.17, 15) is 4.79 Å². The summed E-state index contributed by atoms with van der Waals surface area (Å²) in [5, 5.41) is 0. The molecular weight excluding hydrogens is 260 g/mol. The molecule has 0 amide bonds. The van der Waals surface area contributed by atoms with Gasteiger partial charge in [-0.3, -0.25) is 4.79 Å². The van der Waals surface area contributed by atoms with Crippen LogP contribution in [0.15, 0.2) is 0 Å². The van der Waals surface area contributed by atoms with Crippen LogP contribution in [-0.2, 0) is 9.53 Å². The van der Waals surface area contributed by atoms with Gasteiger partial charge in [-0.2, -0.15) is 0 Å². The molecule has 0 N–H and O–H groups in total. The number of carbonyl (C=O) groups excluding carboxylic acids is 1. The molecule has 6 saturated carbocycles. The molecule has 116 valence electrons. The summed E-state index contributed by atoms with van der Waals surface area (Å²) in [6, 6.07) is 0. The van der Waals surface area contributed by atoms with E-state index in [1.54, 1.807) is 0 Å². The average molecular weight is 288 g/mol. The highest BCUT2D eigenvalue weighted by molar-refractivity contribution is 5.78. The molecule has 6 aliphatic rings. The van der Waals surface area contributed by atoms with Gasteiger partial charge in [-0.05, 0) is 101 Å². The summed E-state index contributed by atoms with van der Waals surface area (Å²) >= 11 is 0. The minimum absolute atomic E-state index is 0.0698. The summed E-state index contributed by atoms with van der Waals surface area (Å²) in [6.07, 6.45) is 12.7. The van der Waals surface area contributed by atoms with Crippen LogP contribution in [0.2, 0.25) is 0 Å². The minimum atomic E-state index is -0.122. The number of carbonyl (C=O) groups is 1. The quantitative estimate of drug-likeness (QED) is 0.707. The molecule has 0 heterocycles. The van der Waals surface area contributed by atoms with E-state index in [1.807, 2.05) is 0 Å². The van der Waals surface area contributed by atoms with E-state index in [1.165, 1.54) is 38.5 Å². The maximum atomic E-state index is 13.1. The Morgan fingerprint density at radius 1 is 0.857 bits per heavy atom. The second kappa shape index (κ2) is 4.06. The van der Waals surface area contributed by atoms with Crippen molar-refractivity contribution in [3.63, 3.8) is 0 Å². The highest BCUT2D eigenvalue weighted by Gasteiger charge is 2.58. The van der Waals surface area contributed by atoms with Gasteiger partial charge in [0, 0.05) is 0 Å². The smallest absolute Gasteiger partial charge is 0.312 e. The van der Waals surface area contributed by atoms with Crippen molar-refractivity contribution in [1.29, 1.82) is 0 Å². The molecule has 0 unspecified atom stereocenters. The van der Waals surface area contributed by atoms with Crippen molar-refractivity contribution in [1.82, 2.24) is 0 Å². The maximum absolute atomic E-state index is 13.1. The van der Waals surface area contributed by atoms with Crippen LogP contribution >= 0.6 is 0 Å². The van der Waals surface area contributed by atoms with Crippen LogP contribution in [0.4, 0.5) is 0 Å². The first-order valence-electron chi connectivity index (χ1n) is 9.28. The Bertz CT molecular complexity index is 447. The fourth-order valence-corrected chi connectivity index (χ4v) is 7.36. The Morgan fingerprint density at radius 3 is 1.95 bits per heavy atom. The molecule has 0 aromatic rings. The molecule has 0 saturated heterocycles. The monoisotopic (exact) mass is 288 g/mol. The van der Waals surface area contributed by atoms with Crippen molar-refractivity contribution in [3.05, 3.63) is 0 Å². The van der Waals surface area contributed by atoms with E-state index in [0.717, 1.165) is 49.4 Å². The lowest BCUT2D eigenvalue weighted by molar-refractivity contribution is -0.190. The SMILES string of the molecule is C[C@@]1(OC(=O)C23CC4CC(CC(C4)C2)C3)C[C@@H]2CC[C@H]1C2. The first-order chi connectivity index (χ1) is 10.0. The molecule has 3 atom stereocenters. The number of ether oxygens (including phenoxy) is 1. The summed E-state index contributed by atoms with van der Waals surface area (Å²) in [5.41, 5.74) is -0.192. The van der Waals surface area contributed by atoms with Crippen LogP contribution in [0.5, 0.6) is 0 Å². The summed E-state index contributed by atoms with van der Waals surface area (Å²) in [7, 11) is 0. The summed E-state index contributed by atoms with van der Waals surface area (Å²) in [4.78, 5) is 13.1. The van der Waals surface area contributed by atoms with Gasteiger partial charge >= 0.3 is 5.97 Å². The van der Waals surface area contributed by atoms with E-state index in [4.69, 9.17) is 4.74 Å². The van der Waals surface area contributed by atoms with Gasteiger partial charge in [0.2, 0.25) is 0 Å². The van der Waals surface area contributed by atoms with E-state index < -0.39 is 0 Å². The van der Waals surface area contributed by atoms with Crippen LogP contribution in [0.1, 0.15) is 71.1 Å². The first-order valence-corrected chi connectivity index (χ1v) is 9.28. The van der Waals surface area contributed by atoms with Crippen molar-refractivity contribution >= 4 is 5.97 Å². The third kappa shape index (κ3) is 1.80. The van der Waals surface area contributed by atoms with Gasteiger partial charge in [-0.25, -0.2) is 0 Å². The second-order valence-electron chi connectivity index (χ2n) is 9.48. The van der Waals surface area contributed by atoms with Crippen LogP contribution in [0.3, 0.4) is 0 Å². The molecule has 0 spiro atoms. The Kier molecular flexibility index (Phi) is 2.50. The minimum Gasteiger partial charge on any atom is -0.459 e. The van der Waals surface area contributed by atoms with Crippen LogP contribution in [-0.4, -0.2) is 11.6 Å². The van der Waals surface area contributed by atoms with Crippen molar-refractivity contribution in [2.24, 2.45) is 35.0 Å². The maximum Gasteiger partial charge on any atom is 0.312 e. The van der Waals surface area contributed by atoms with Crippen molar-refractivity contribution in [2.45, 2.75) is 76.7 Å². The average Bonchev–Trinajstić information content (AvgIpc) is 2.96. The third-order valence-electron chi connectivity index (χ3n) is 7.90. The van der Waals surface area contributed by atoms with Gasteiger partial charge in [-0.15, -0.1) is 0 Å². The Balaban J connectivity index is 1.37. The molecule has 6 bridgehead atoms. The van der Waals surface area contributed by atoms with Gasteiger partial charge in [-0.1, -0.05) is 0 Å². The Hall–Kier alpha value is -0.530. The molecular formula is C19H28O2. The summed E-state index contributed by atoms with van der Waals surface area (Å²) in [6.45, 7) is 2.23. The van der Waals surface area contributed by atoms with Crippen molar-refractivity contribution in [3.8, 4) is 0 Å². The van der Waals surface area contributed by atoms with E-state index >= 15 is 0 Å². The fourth-order valence-electron chi connectivity index (χ4n) is 7.36. The zero-order valence-electron chi connectivity index (χ0n) is 13.3. The summed E-state index contributed by atoms with van der Waals surface area (Å²) < 4.78 is 6.28. The molecule has 21 heavy (non-hydrogen) atoms. The predicted octanol–water partition coefficient (Wildman–Crippen LogP) is 4.32. The van der Waals surface area contributed by atoms with Gasteiger partial charge in [0.1, 0.15) is 5.60 Å². The number of rotatable bonds is 2. The predicted molar refractivity (Wildman–Crippen MR) is 80.6 cm³/mol. The van der Waals surface area contributed by atoms with Gasteiger partial charge in [0.05, 0.1) is 5.41 Å². The van der Waals surface area contributed by atoms with Gasteiger partial charge in [0.15, 0.2) is 0 Å². The molecule has 2 heteroatoms. The number of hydrogen-bond donors (Lipinski definition) is 0. The first kappa shape index (κ1) is 13.0. The lowest BCUT2D eigenvalue weighted by Gasteiger charge is -2.55. The molecule has 6 aliphatic carbocycles. The number of fused-ring (bicyclic) bond motifs is 2. The number of hydrogen-bond acceptors (Lipinski definition) is 2. The largest absolute Gasteiger partial charge is 0.459 e. The van der Waals surface area contributed by atoms with E-state index in [-0.39, 0.29) is 17.0 Å². The lowest BCUT2D eigenvalue weighted by atomic mass is 9.49. The van der Waals surface area contributed by atoms with E-state index in [0.29, 0.717) is 5.92 Å². The van der Waals surface area contributed by atoms with Gasteiger partial charge < -0.3 is 4.74 Å². The lowest BCUT2D eigenvalue weighted by Crippen LogP contribution is -2.52. The normalized spacial score (nSPS) is 56.9. The zero-order valence-corrected chi connectivity index (χ0v) is 13.3. The molecule has 6 fully saturated rings. The van der Waals surface area contributed by atoms with Crippen molar-refractivity contribution < 1.29 is 9.53 Å². The zero-order chi connectivity index (χ0) is 14.2. The highest BCUT2D eigenvalue weighted by Crippen LogP contribution is 2.61. The van der Waals surface area contributed by atoms with Crippen LogP contribution in [0, 0.1) is 35.0 Å². The highest BCUT2D eigenvalue weighted by atomic mass is 16.6. The standard InChI is InChI=1S/C19H28O2/c1-18(8-12-2-3-16(18)7-12)21-17(20)19-9-13-4-14(10-19)6-15(5-13)11-19/h12-16H,2-11H2,1H3/t12-,13?,14?,15?,16+,18-,19?/m1/s1. The third-order valence-corrected chi connectivity index (χ3v) is 7.90. The van der Waals surface area contributed by atoms with Gasteiger partial charge in [0.25, 0.3) is 0 Å². The molecule has 0 aromatic carbocycles. The number of esters is 1. The van der Waals surface area contributed by atoms with Crippen LogP contribution < -0.4 is 0 Å². The van der Waals surface area contributed by atoms with E-state index in [2.05, 4.69) is 6.92 Å². The van der Waals surface area contributed by atoms with Crippen molar-refractivity contribution in [2.75, 3.05) is 0 Å². The fraction of sp³-hybridized carbons (Fsp3) is 0.947. The molecule has 6 rings (SSSR count). The Morgan fingerprint density at radius 2 is 1.48 bits per heavy atom. The molecule has 0 radical (unpaired) electrons. The second-order valence-corrected chi connectivity index (χ2v) is 9.48. The molecule has 2 nitrogen and oxygen atoms in total. The molecule has 0 aromatic heterocycles. The molecule has 0 aliphatic heterocycles. The summed E-state index contributed by atoms with van der Waals surface area (Å²) in [5.74, 6) is 4.19. The Labute approximate surface area is 128 Å². The van der Waals surface area contributed by atoms with Crippen LogP contribution in [0.25, 0.3) is 0 Å². The topological polar surface area (TPSA) is 26.3 Å².